The van der Waals surface area contributed by atoms with Crippen molar-refractivity contribution in [1.82, 2.24) is 9.29 Å². The van der Waals surface area contributed by atoms with Gasteiger partial charge in [0.1, 0.15) is 19.0 Å². The van der Waals surface area contributed by atoms with Gasteiger partial charge in [0.25, 0.3) is 5.56 Å². The van der Waals surface area contributed by atoms with Gasteiger partial charge >= 0.3 is 0 Å². The Labute approximate surface area is 213 Å². The molecule has 0 fully saturated rings. The molecule has 8 nitrogen and oxygen atoms in total. The molecule has 4 aromatic rings. The van der Waals surface area contributed by atoms with Crippen LogP contribution in [-0.4, -0.2) is 38.0 Å². The molecule has 5 rings (SSSR count). The first-order valence-corrected chi connectivity index (χ1v) is 13.0. The Morgan fingerprint density at radius 3 is 2.28 bits per heavy atom. The number of ether oxygens (including phenoxy) is 3. The first kappa shape index (κ1) is 24.2. The van der Waals surface area contributed by atoms with Crippen LogP contribution < -0.4 is 19.8 Å². The summed E-state index contributed by atoms with van der Waals surface area (Å²) >= 11 is 5.97. The first-order chi connectivity index (χ1) is 17.3. The monoisotopic (exact) mass is 526 g/mol. The van der Waals surface area contributed by atoms with E-state index < -0.39 is 10.0 Å². The highest BCUT2D eigenvalue weighted by atomic mass is 35.5. The maximum atomic E-state index is 13.7. The molecule has 0 amide bonds. The summed E-state index contributed by atoms with van der Waals surface area (Å²) in [5.74, 6) is 1.80. The normalized spacial score (nSPS) is 13.2. The van der Waals surface area contributed by atoms with E-state index in [4.69, 9.17) is 25.8 Å². The highest BCUT2D eigenvalue weighted by molar-refractivity contribution is 7.89. The molecule has 0 bridgehead atoms. The molecular weight excluding hydrogens is 504 g/mol. The SMILES string of the molecule is COc1ccc(CN(Cc2cc3cc4c(cc3[nH]c2=O)OCCO4)S(=O)(=O)c2ccc(Cl)cc2)cc1. The Kier molecular flexibility index (Phi) is 6.61. The van der Waals surface area contributed by atoms with Crippen molar-refractivity contribution in [2.45, 2.75) is 18.0 Å². The van der Waals surface area contributed by atoms with Gasteiger partial charge in [-0.15, -0.1) is 0 Å². The number of halogens is 1. The molecule has 1 aliphatic rings. The van der Waals surface area contributed by atoms with Gasteiger partial charge in [0.15, 0.2) is 11.5 Å². The molecule has 10 heteroatoms. The number of methoxy groups -OCH3 is 1. The van der Waals surface area contributed by atoms with Gasteiger partial charge < -0.3 is 19.2 Å². The Bertz CT molecular complexity index is 1570. The van der Waals surface area contributed by atoms with E-state index in [9.17, 15) is 13.2 Å². The third-order valence-corrected chi connectivity index (χ3v) is 7.96. The lowest BCUT2D eigenvalue weighted by Gasteiger charge is -2.23. The van der Waals surface area contributed by atoms with Crippen LogP contribution in [0.5, 0.6) is 17.2 Å². The van der Waals surface area contributed by atoms with Gasteiger partial charge in [0.05, 0.1) is 17.5 Å². The Hall–Kier alpha value is -3.53. The summed E-state index contributed by atoms with van der Waals surface area (Å²) in [7, 11) is -2.41. The zero-order valence-electron chi connectivity index (χ0n) is 19.4. The van der Waals surface area contributed by atoms with E-state index in [2.05, 4.69) is 4.98 Å². The van der Waals surface area contributed by atoms with Crippen molar-refractivity contribution in [2.75, 3.05) is 20.3 Å². The van der Waals surface area contributed by atoms with Crippen molar-refractivity contribution in [3.63, 3.8) is 0 Å². The van der Waals surface area contributed by atoms with Crippen LogP contribution in [0.4, 0.5) is 0 Å². The van der Waals surface area contributed by atoms with Crippen LogP contribution in [0.25, 0.3) is 10.9 Å². The maximum Gasteiger partial charge on any atom is 0.252 e. The second-order valence-corrected chi connectivity index (χ2v) is 10.7. The van der Waals surface area contributed by atoms with E-state index in [1.165, 1.54) is 28.6 Å². The van der Waals surface area contributed by atoms with E-state index >= 15 is 0 Å². The minimum absolute atomic E-state index is 0.0492. The highest BCUT2D eigenvalue weighted by Crippen LogP contribution is 2.34. The average Bonchev–Trinajstić information content (AvgIpc) is 2.88. The number of aromatic nitrogens is 1. The van der Waals surface area contributed by atoms with Gasteiger partial charge in [-0.3, -0.25) is 4.79 Å². The van der Waals surface area contributed by atoms with Gasteiger partial charge in [-0.1, -0.05) is 23.7 Å². The molecule has 1 aliphatic heterocycles. The lowest BCUT2D eigenvalue weighted by atomic mass is 10.1. The van der Waals surface area contributed by atoms with Crippen molar-refractivity contribution in [1.29, 1.82) is 0 Å². The molecule has 3 aromatic carbocycles. The number of benzene rings is 3. The van der Waals surface area contributed by atoms with E-state index in [1.807, 2.05) is 0 Å². The largest absolute Gasteiger partial charge is 0.497 e. The van der Waals surface area contributed by atoms with Gasteiger partial charge in [-0.2, -0.15) is 4.31 Å². The molecule has 1 N–H and O–H groups in total. The summed E-state index contributed by atoms with van der Waals surface area (Å²) in [4.78, 5) is 15.9. The second kappa shape index (κ2) is 9.85. The molecule has 186 valence electrons. The predicted molar refractivity (Wildman–Crippen MR) is 136 cm³/mol. The number of rotatable bonds is 7. The van der Waals surface area contributed by atoms with E-state index in [1.54, 1.807) is 49.6 Å². The number of hydrogen-bond donors (Lipinski definition) is 1. The minimum Gasteiger partial charge on any atom is -0.497 e. The fourth-order valence-corrected chi connectivity index (χ4v) is 5.54. The van der Waals surface area contributed by atoms with Crippen LogP contribution in [0.3, 0.4) is 0 Å². The van der Waals surface area contributed by atoms with Crippen molar-refractivity contribution in [3.8, 4) is 17.2 Å². The quantitative estimate of drug-likeness (QED) is 0.384. The third kappa shape index (κ3) is 4.90. The van der Waals surface area contributed by atoms with Gasteiger partial charge in [0.2, 0.25) is 10.0 Å². The van der Waals surface area contributed by atoms with Crippen LogP contribution >= 0.6 is 11.6 Å². The highest BCUT2D eigenvalue weighted by Gasteiger charge is 2.26. The van der Waals surface area contributed by atoms with Crippen LogP contribution in [-0.2, 0) is 23.1 Å². The molecular formula is C26H23ClN2O6S. The number of hydrogen-bond acceptors (Lipinski definition) is 6. The molecule has 36 heavy (non-hydrogen) atoms. The summed E-state index contributed by atoms with van der Waals surface area (Å²) in [5, 5.41) is 1.14. The molecule has 0 spiro atoms. The van der Waals surface area contributed by atoms with Gasteiger partial charge in [0, 0.05) is 35.1 Å². The van der Waals surface area contributed by atoms with E-state index in [-0.39, 0.29) is 23.5 Å². The van der Waals surface area contributed by atoms with Crippen LogP contribution in [0, 0.1) is 0 Å². The smallest absolute Gasteiger partial charge is 0.252 e. The molecule has 0 unspecified atom stereocenters. The van der Waals surface area contributed by atoms with Crippen molar-refractivity contribution < 1.29 is 22.6 Å². The number of H-pyrrole nitrogens is 1. The minimum atomic E-state index is -3.97. The molecule has 0 aliphatic carbocycles. The molecule has 1 aromatic heterocycles. The van der Waals surface area contributed by atoms with E-state index in [0.717, 1.165) is 5.56 Å². The van der Waals surface area contributed by atoms with Crippen LogP contribution in [0.1, 0.15) is 11.1 Å². The molecule has 0 saturated heterocycles. The predicted octanol–water partition coefficient (Wildman–Crippen LogP) is 4.35. The number of sulfonamides is 1. The Balaban J connectivity index is 1.54. The van der Waals surface area contributed by atoms with Crippen molar-refractivity contribution in [2.24, 2.45) is 0 Å². The summed E-state index contributed by atoms with van der Waals surface area (Å²) < 4.78 is 45.0. The second-order valence-electron chi connectivity index (χ2n) is 8.28. The summed E-state index contributed by atoms with van der Waals surface area (Å²) in [6.07, 6.45) is 0. The third-order valence-electron chi connectivity index (χ3n) is 5.90. The number of pyridine rings is 1. The lowest BCUT2D eigenvalue weighted by molar-refractivity contribution is 0.172. The zero-order valence-corrected chi connectivity index (χ0v) is 20.9. The molecule has 0 atom stereocenters. The molecule has 0 saturated carbocycles. The average molecular weight is 527 g/mol. The van der Waals surface area contributed by atoms with Crippen molar-refractivity contribution >= 4 is 32.5 Å². The first-order valence-electron chi connectivity index (χ1n) is 11.2. The van der Waals surface area contributed by atoms with Crippen molar-refractivity contribution in [3.05, 3.63) is 93.2 Å². The summed E-state index contributed by atoms with van der Waals surface area (Å²) in [6, 6.07) is 18.2. The summed E-state index contributed by atoms with van der Waals surface area (Å²) in [5.41, 5.74) is 1.23. The van der Waals surface area contributed by atoms with Gasteiger partial charge in [-0.05, 0) is 54.1 Å². The topological polar surface area (TPSA) is 97.9 Å². The van der Waals surface area contributed by atoms with E-state index in [0.29, 0.717) is 52.0 Å². The number of fused-ring (bicyclic) bond motifs is 2. The fraction of sp³-hybridized carbons (Fsp3) is 0.192. The standard InChI is InChI=1S/C26H23ClN2O6S/c1-33-21-6-2-17(3-7-21)15-29(36(31,32)22-8-4-20(27)5-9-22)16-19-12-18-13-24-25(35-11-10-34-24)14-23(18)28-26(19)30/h2-9,12-14H,10-11,15-16H2,1H3,(H,28,30). The lowest BCUT2D eigenvalue weighted by Crippen LogP contribution is -2.32. The van der Waals surface area contributed by atoms with Gasteiger partial charge in [-0.25, -0.2) is 8.42 Å². The molecule has 2 heterocycles. The molecule has 0 radical (unpaired) electrons. The fourth-order valence-electron chi connectivity index (χ4n) is 4.01. The van der Waals surface area contributed by atoms with Crippen LogP contribution in [0.2, 0.25) is 5.02 Å². The maximum absolute atomic E-state index is 13.7. The number of nitrogens with zero attached hydrogens (tertiary/aromatic N) is 1. The summed E-state index contributed by atoms with van der Waals surface area (Å²) in [6.45, 7) is 0.775. The Morgan fingerprint density at radius 2 is 1.61 bits per heavy atom. The Morgan fingerprint density at radius 1 is 0.944 bits per heavy atom. The number of aromatic amines is 1. The van der Waals surface area contributed by atoms with Crippen LogP contribution in [0.15, 0.2) is 76.4 Å². The zero-order chi connectivity index (χ0) is 25.3. The number of nitrogens with one attached hydrogen (secondary N) is 1.